The van der Waals surface area contributed by atoms with Crippen LogP contribution in [0.15, 0.2) is 18.2 Å². The van der Waals surface area contributed by atoms with Gasteiger partial charge in [0, 0.05) is 17.9 Å². The largest absolute Gasteiger partial charge is 0.507 e. The lowest BCUT2D eigenvalue weighted by Crippen LogP contribution is -2.12. The number of halogens is 1. The Labute approximate surface area is 102 Å². The molecule has 1 atom stereocenters. The number of carbonyl (C=O) groups excluding carboxylic acids is 1. The standard InChI is InChI=1S/C11H11ClO5/c12-5-4-8(13)6-2-1-3-7(9(6)14)10(15)11(16)17/h1-3,10,14-15H,4-5H2,(H,16,17). The van der Waals surface area contributed by atoms with Crippen molar-refractivity contribution in [1.29, 1.82) is 0 Å². The number of ketones is 1. The Hall–Kier alpha value is -1.59. The molecule has 0 aliphatic carbocycles. The zero-order chi connectivity index (χ0) is 13.0. The molecule has 0 bridgehead atoms. The maximum atomic E-state index is 11.5. The summed E-state index contributed by atoms with van der Waals surface area (Å²) in [6.07, 6.45) is -1.83. The maximum Gasteiger partial charge on any atom is 0.337 e. The number of aliphatic carboxylic acids is 1. The van der Waals surface area contributed by atoms with Gasteiger partial charge in [-0.1, -0.05) is 12.1 Å². The second-order valence-electron chi connectivity index (χ2n) is 3.35. The molecule has 1 unspecified atom stereocenters. The molecule has 0 saturated carbocycles. The minimum absolute atomic E-state index is 0.0295. The van der Waals surface area contributed by atoms with E-state index in [0.29, 0.717) is 0 Å². The number of aliphatic hydroxyl groups excluding tert-OH is 1. The number of benzene rings is 1. The van der Waals surface area contributed by atoms with Gasteiger partial charge in [-0.3, -0.25) is 4.79 Å². The maximum absolute atomic E-state index is 11.5. The third-order valence-electron chi connectivity index (χ3n) is 2.22. The Morgan fingerprint density at radius 3 is 2.53 bits per heavy atom. The summed E-state index contributed by atoms with van der Waals surface area (Å²) >= 11 is 5.41. The van der Waals surface area contributed by atoms with Gasteiger partial charge < -0.3 is 15.3 Å². The fourth-order valence-electron chi connectivity index (χ4n) is 1.36. The number of aliphatic hydroxyl groups is 1. The van der Waals surface area contributed by atoms with Gasteiger partial charge in [0.25, 0.3) is 0 Å². The summed E-state index contributed by atoms with van der Waals surface area (Å²) in [6.45, 7) is 0. The third kappa shape index (κ3) is 2.95. The summed E-state index contributed by atoms with van der Waals surface area (Å²) < 4.78 is 0. The van der Waals surface area contributed by atoms with Crippen molar-refractivity contribution < 1.29 is 24.9 Å². The molecule has 1 aromatic rings. The van der Waals surface area contributed by atoms with Crippen molar-refractivity contribution in [2.75, 3.05) is 5.88 Å². The molecule has 0 heterocycles. The molecular weight excluding hydrogens is 248 g/mol. The van der Waals surface area contributed by atoms with E-state index in [2.05, 4.69) is 0 Å². The van der Waals surface area contributed by atoms with Gasteiger partial charge in [0.2, 0.25) is 0 Å². The van der Waals surface area contributed by atoms with Crippen LogP contribution in [0.5, 0.6) is 5.75 Å². The van der Waals surface area contributed by atoms with Crippen molar-refractivity contribution in [3.05, 3.63) is 29.3 Å². The number of phenols is 1. The molecule has 0 aromatic heterocycles. The number of para-hydroxylation sites is 1. The Balaban J connectivity index is 3.15. The third-order valence-corrected chi connectivity index (χ3v) is 2.41. The van der Waals surface area contributed by atoms with Crippen LogP contribution in [0.3, 0.4) is 0 Å². The van der Waals surface area contributed by atoms with E-state index in [-0.39, 0.29) is 23.4 Å². The van der Waals surface area contributed by atoms with E-state index < -0.39 is 23.6 Å². The Morgan fingerprint density at radius 1 is 1.35 bits per heavy atom. The highest BCUT2D eigenvalue weighted by Gasteiger charge is 2.22. The van der Waals surface area contributed by atoms with Crippen molar-refractivity contribution >= 4 is 23.4 Å². The number of hydrogen-bond acceptors (Lipinski definition) is 4. The van der Waals surface area contributed by atoms with Gasteiger partial charge >= 0.3 is 5.97 Å². The lowest BCUT2D eigenvalue weighted by Gasteiger charge is -2.11. The van der Waals surface area contributed by atoms with E-state index in [1.807, 2.05) is 0 Å². The van der Waals surface area contributed by atoms with Gasteiger partial charge in [0.1, 0.15) is 5.75 Å². The van der Waals surface area contributed by atoms with Crippen molar-refractivity contribution in [3.63, 3.8) is 0 Å². The van der Waals surface area contributed by atoms with Crippen molar-refractivity contribution in [3.8, 4) is 5.75 Å². The van der Waals surface area contributed by atoms with Crippen LogP contribution in [-0.4, -0.2) is 33.0 Å². The van der Waals surface area contributed by atoms with Gasteiger partial charge in [0.05, 0.1) is 5.56 Å². The van der Waals surface area contributed by atoms with Crippen LogP contribution in [0.2, 0.25) is 0 Å². The van der Waals surface area contributed by atoms with E-state index in [0.717, 1.165) is 0 Å². The first-order valence-electron chi connectivity index (χ1n) is 4.81. The zero-order valence-electron chi connectivity index (χ0n) is 8.76. The molecule has 6 heteroatoms. The zero-order valence-corrected chi connectivity index (χ0v) is 9.52. The van der Waals surface area contributed by atoms with Crippen LogP contribution in [0.1, 0.15) is 28.4 Å². The van der Waals surface area contributed by atoms with Crippen LogP contribution in [-0.2, 0) is 4.79 Å². The molecule has 0 saturated heterocycles. The average molecular weight is 259 g/mol. The lowest BCUT2D eigenvalue weighted by molar-refractivity contribution is -0.147. The Bertz CT molecular complexity index is 443. The minimum Gasteiger partial charge on any atom is -0.507 e. The van der Waals surface area contributed by atoms with E-state index in [1.165, 1.54) is 18.2 Å². The summed E-state index contributed by atoms with van der Waals surface area (Å²) in [4.78, 5) is 22.1. The monoisotopic (exact) mass is 258 g/mol. The second-order valence-corrected chi connectivity index (χ2v) is 3.72. The second kappa shape index (κ2) is 5.65. The number of carbonyl (C=O) groups is 2. The highest BCUT2D eigenvalue weighted by molar-refractivity contribution is 6.19. The van der Waals surface area contributed by atoms with Crippen LogP contribution < -0.4 is 0 Å². The number of aromatic hydroxyl groups is 1. The number of phenolic OH excluding ortho intramolecular Hbond substituents is 1. The smallest absolute Gasteiger partial charge is 0.337 e. The van der Waals surface area contributed by atoms with E-state index in [1.54, 1.807) is 0 Å². The molecule has 92 valence electrons. The van der Waals surface area contributed by atoms with Crippen LogP contribution in [0.25, 0.3) is 0 Å². The first-order valence-corrected chi connectivity index (χ1v) is 5.34. The Kier molecular flexibility index (Phi) is 4.48. The molecule has 5 nitrogen and oxygen atoms in total. The molecule has 0 fully saturated rings. The van der Waals surface area contributed by atoms with E-state index >= 15 is 0 Å². The molecule has 1 rings (SSSR count). The van der Waals surface area contributed by atoms with Gasteiger partial charge in [-0.25, -0.2) is 4.79 Å². The normalized spacial score (nSPS) is 12.1. The molecular formula is C11H11ClO5. The molecule has 0 spiro atoms. The van der Waals surface area contributed by atoms with E-state index in [9.17, 15) is 19.8 Å². The molecule has 0 radical (unpaired) electrons. The number of hydrogen-bond donors (Lipinski definition) is 3. The summed E-state index contributed by atoms with van der Waals surface area (Å²) in [5, 5.41) is 27.7. The quantitative estimate of drug-likeness (QED) is 0.547. The number of Topliss-reactive ketones (excluding diaryl/α,β-unsaturated/α-hetero) is 1. The predicted octanol–water partition coefficient (Wildman–Crippen LogP) is 1.32. The molecule has 1 aromatic carbocycles. The molecule has 0 aliphatic rings. The lowest BCUT2D eigenvalue weighted by atomic mass is 10.0. The molecule has 0 aliphatic heterocycles. The Morgan fingerprint density at radius 2 is 2.00 bits per heavy atom. The highest BCUT2D eigenvalue weighted by Crippen LogP contribution is 2.29. The highest BCUT2D eigenvalue weighted by atomic mass is 35.5. The molecule has 17 heavy (non-hydrogen) atoms. The van der Waals surface area contributed by atoms with Crippen LogP contribution >= 0.6 is 11.6 Å². The number of rotatable bonds is 5. The van der Waals surface area contributed by atoms with Crippen LogP contribution in [0.4, 0.5) is 0 Å². The summed E-state index contributed by atoms with van der Waals surface area (Å²) in [6, 6.07) is 3.98. The minimum atomic E-state index is -1.86. The van der Waals surface area contributed by atoms with Crippen LogP contribution in [0, 0.1) is 0 Å². The SMILES string of the molecule is O=C(CCCl)c1cccc(C(O)C(=O)O)c1O. The summed E-state index contributed by atoms with van der Waals surface area (Å²) in [5.41, 5.74) is -0.249. The first kappa shape index (κ1) is 13.5. The average Bonchev–Trinajstić information content (AvgIpc) is 2.28. The molecule has 3 N–H and O–H groups in total. The van der Waals surface area contributed by atoms with Crippen molar-refractivity contribution in [1.82, 2.24) is 0 Å². The van der Waals surface area contributed by atoms with Crippen molar-refractivity contribution in [2.24, 2.45) is 0 Å². The van der Waals surface area contributed by atoms with Gasteiger partial charge in [-0.05, 0) is 6.07 Å². The predicted molar refractivity (Wildman–Crippen MR) is 60.4 cm³/mol. The van der Waals surface area contributed by atoms with Crippen molar-refractivity contribution in [2.45, 2.75) is 12.5 Å². The van der Waals surface area contributed by atoms with E-state index in [4.69, 9.17) is 16.7 Å². The van der Waals surface area contributed by atoms with Gasteiger partial charge in [-0.2, -0.15) is 0 Å². The number of carboxylic acid groups (broad SMARTS) is 1. The summed E-state index contributed by atoms with van der Waals surface area (Å²) in [5.74, 6) is -2.32. The topological polar surface area (TPSA) is 94.8 Å². The number of carboxylic acids is 1. The van der Waals surface area contributed by atoms with Gasteiger partial charge in [-0.15, -0.1) is 11.6 Å². The fraction of sp³-hybridized carbons (Fsp3) is 0.273. The molecule has 0 amide bonds. The fourth-order valence-corrected chi connectivity index (χ4v) is 1.53. The van der Waals surface area contributed by atoms with Gasteiger partial charge in [0.15, 0.2) is 11.9 Å². The first-order chi connectivity index (χ1) is 7.99. The number of alkyl halides is 1. The summed E-state index contributed by atoms with van der Waals surface area (Å²) in [7, 11) is 0.